The fraction of sp³-hybridized carbons (Fsp3) is 0.143. The maximum atomic E-state index is 10.7. The van der Waals surface area contributed by atoms with Crippen LogP contribution in [0.2, 0.25) is 0 Å². The van der Waals surface area contributed by atoms with Crippen LogP contribution in [0.15, 0.2) is 11.6 Å². The summed E-state index contributed by atoms with van der Waals surface area (Å²) in [5.41, 5.74) is 7.02. The van der Waals surface area contributed by atoms with Crippen LogP contribution in [0.4, 0.5) is 0 Å². The number of nitrogens with zero attached hydrogens (tertiary/aromatic N) is 1. The van der Waals surface area contributed by atoms with E-state index in [0.29, 0.717) is 5.69 Å². The number of amides is 1. The van der Waals surface area contributed by atoms with Crippen LogP contribution in [-0.4, -0.2) is 10.9 Å². The first-order valence-corrected chi connectivity index (χ1v) is 3.99. The van der Waals surface area contributed by atoms with E-state index in [9.17, 15) is 4.79 Å². The van der Waals surface area contributed by atoms with Crippen molar-refractivity contribution in [2.75, 3.05) is 0 Å². The zero-order valence-electron chi connectivity index (χ0n) is 6.07. The first-order valence-electron chi connectivity index (χ1n) is 3.11. The molecule has 1 rings (SSSR count). The summed E-state index contributed by atoms with van der Waals surface area (Å²) in [6, 6.07) is 0. The molecule has 0 saturated heterocycles. The molecular weight excluding hydrogens is 160 g/mol. The quantitative estimate of drug-likeness (QED) is 0.723. The molecule has 1 amide bonds. The van der Waals surface area contributed by atoms with E-state index in [1.165, 1.54) is 11.3 Å². The Hall–Kier alpha value is -1.16. The van der Waals surface area contributed by atoms with Crippen LogP contribution in [0, 0.1) is 0 Å². The zero-order chi connectivity index (χ0) is 8.27. The van der Waals surface area contributed by atoms with Crippen molar-refractivity contribution in [3.8, 4) is 0 Å². The second kappa shape index (κ2) is 3.30. The van der Waals surface area contributed by atoms with Crippen LogP contribution in [0.5, 0.6) is 0 Å². The van der Waals surface area contributed by atoms with Crippen LogP contribution in [0.1, 0.15) is 22.3 Å². The lowest BCUT2D eigenvalue weighted by Gasteiger charge is -1.88. The number of hydrogen-bond acceptors (Lipinski definition) is 3. The molecule has 0 radical (unpaired) electrons. The van der Waals surface area contributed by atoms with E-state index in [0.717, 1.165) is 4.88 Å². The molecule has 0 aliphatic carbocycles. The summed E-state index contributed by atoms with van der Waals surface area (Å²) < 4.78 is 0. The lowest BCUT2D eigenvalue weighted by atomic mass is 10.3. The Balaban J connectivity index is 3.05. The summed E-state index contributed by atoms with van der Waals surface area (Å²) >= 11 is 1.40. The molecule has 58 valence electrons. The molecule has 0 aromatic carbocycles. The summed E-state index contributed by atoms with van der Waals surface area (Å²) in [5, 5.41) is 0. The molecule has 1 aromatic rings. The van der Waals surface area contributed by atoms with Crippen molar-refractivity contribution in [2.24, 2.45) is 5.73 Å². The monoisotopic (exact) mass is 168 g/mol. The number of allylic oxidation sites excluding steroid dienone is 1. The van der Waals surface area contributed by atoms with Gasteiger partial charge in [0.25, 0.3) is 5.91 Å². The van der Waals surface area contributed by atoms with Gasteiger partial charge < -0.3 is 5.73 Å². The summed E-state index contributed by atoms with van der Waals surface area (Å²) in [5.74, 6) is -0.473. The number of nitrogens with two attached hydrogens (primary N) is 1. The summed E-state index contributed by atoms with van der Waals surface area (Å²) in [4.78, 5) is 15.3. The predicted molar refractivity (Wildman–Crippen MR) is 45.3 cm³/mol. The van der Waals surface area contributed by atoms with Crippen LogP contribution in [0.3, 0.4) is 0 Å². The highest BCUT2D eigenvalue weighted by Gasteiger charge is 2.07. The number of carbonyl (C=O) groups is 1. The van der Waals surface area contributed by atoms with Crippen molar-refractivity contribution < 1.29 is 4.79 Å². The molecule has 11 heavy (non-hydrogen) atoms. The van der Waals surface area contributed by atoms with Gasteiger partial charge in [0.15, 0.2) is 0 Å². The minimum atomic E-state index is -0.473. The van der Waals surface area contributed by atoms with Gasteiger partial charge in [0.2, 0.25) is 0 Å². The van der Waals surface area contributed by atoms with E-state index < -0.39 is 5.91 Å². The molecule has 3 nitrogen and oxygen atoms in total. The molecule has 1 aromatic heterocycles. The molecule has 4 heteroatoms. The maximum absolute atomic E-state index is 10.7. The normalized spacial score (nSPS) is 10.6. The van der Waals surface area contributed by atoms with Gasteiger partial charge in [-0.1, -0.05) is 6.08 Å². The fourth-order valence-corrected chi connectivity index (χ4v) is 1.46. The number of aromatic nitrogens is 1. The highest BCUT2D eigenvalue weighted by atomic mass is 32.1. The van der Waals surface area contributed by atoms with Gasteiger partial charge >= 0.3 is 0 Å². The highest BCUT2D eigenvalue weighted by molar-refractivity contribution is 7.10. The molecule has 0 bridgehead atoms. The molecular formula is C7H8N2OS. The third-order valence-electron chi connectivity index (χ3n) is 1.15. The third-order valence-corrected chi connectivity index (χ3v) is 1.94. The molecule has 0 aliphatic rings. The first kappa shape index (κ1) is 7.94. The Morgan fingerprint density at radius 2 is 2.55 bits per heavy atom. The van der Waals surface area contributed by atoms with E-state index in [1.807, 2.05) is 19.1 Å². The fourth-order valence-electron chi connectivity index (χ4n) is 0.710. The second-order valence-corrected chi connectivity index (χ2v) is 2.82. The second-order valence-electron chi connectivity index (χ2n) is 1.93. The minimum absolute atomic E-state index is 0.355. The molecule has 1 heterocycles. The van der Waals surface area contributed by atoms with Gasteiger partial charge in [-0.15, -0.1) is 11.3 Å². The molecule has 0 spiro atoms. The van der Waals surface area contributed by atoms with Gasteiger partial charge in [-0.05, 0) is 13.0 Å². The highest BCUT2D eigenvalue weighted by Crippen LogP contribution is 2.14. The lowest BCUT2D eigenvalue weighted by Crippen LogP contribution is -2.12. The van der Waals surface area contributed by atoms with Gasteiger partial charge in [-0.2, -0.15) is 0 Å². The van der Waals surface area contributed by atoms with Crippen LogP contribution in [-0.2, 0) is 0 Å². The van der Waals surface area contributed by atoms with Crippen LogP contribution >= 0.6 is 11.3 Å². The Kier molecular flexibility index (Phi) is 2.38. The predicted octanol–water partition coefficient (Wildman–Crippen LogP) is 1.28. The molecule has 0 atom stereocenters. The van der Waals surface area contributed by atoms with E-state index in [2.05, 4.69) is 4.98 Å². The van der Waals surface area contributed by atoms with E-state index in [-0.39, 0.29) is 0 Å². The van der Waals surface area contributed by atoms with Crippen molar-refractivity contribution in [3.63, 3.8) is 0 Å². The number of thiazole rings is 1. The number of hydrogen-bond donors (Lipinski definition) is 1. The minimum Gasteiger partial charge on any atom is -0.364 e. The largest absolute Gasteiger partial charge is 0.364 e. The topological polar surface area (TPSA) is 56.0 Å². The van der Waals surface area contributed by atoms with Gasteiger partial charge in [0, 0.05) is 0 Å². The molecule has 0 saturated carbocycles. The van der Waals surface area contributed by atoms with Crippen molar-refractivity contribution >= 4 is 23.3 Å². The lowest BCUT2D eigenvalue weighted by molar-refractivity contribution is 0.0996. The molecule has 2 N–H and O–H groups in total. The number of rotatable bonds is 2. The molecule has 0 unspecified atom stereocenters. The van der Waals surface area contributed by atoms with Crippen molar-refractivity contribution in [1.82, 2.24) is 4.98 Å². The average molecular weight is 168 g/mol. The Morgan fingerprint density at radius 1 is 1.82 bits per heavy atom. The Labute approximate surface area is 68.6 Å². The summed E-state index contributed by atoms with van der Waals surface area (Å²) in [7, 11) is 0. The van der Waals surface area contributed by atoms with E-state index in [4.69, 9.17) is 5.73 Å². The molecule has 0 aliphatic heterocycles. The number of carbonyl (C=O) groups excluding carboxylic acids is 1. The van der Waals surface area contributed by atoms with Gasteiger partial charge in [0.1, 0.15) is 5.69 Å². The Bertz CT molecular complexity index is 290. The van der Waals surface area contributed by atoms with E-state index >= 15 is 0 Å². The smallest absolute Gasteiger partial charge is 0.268 e. The van der Waals surface area contributed by atoms with Crippen molar-refractivity contribution in [1.29, 1.82) is 0 Å². The average Bonchev–Trinajstić information content (AvgIpc) is 2.36. The molecule has 0 fully saturated rings. The summed E-state index contributed by atoms with van der Waals surface area (Å²) in [6.45, 7) is 1.88. The van der Waals surface area contributed by atoms with Crippen molar-refractivity contribution in [3.05, 3.63) is 22.2 Å². The van der Waals surface area contributed by atoms with Gasteiger partial charge in [0.05, 0.1) is 10.4 Å². The van der Waals surface area contributed by atoms with Gasteiger partial charge in [-0.25, -0.2) is 4.98 Å². The Morgan fingerprint density at radius 3 is 3.09 bits per heavy atom. The van der Waals surface area contributed by atoms with Crippen LogP contribution < -0.4 is 5.73 Å². The maximum Gasteiger partial charge on any atom is 0.268 e. The zero-order valence-corrected chi connectivity index (χ0v) is 6.89. The summed E-state index contributed by atoms with van der Waals surface area (Å²) in [6.07, 6.45) is 3.66. The standard InChI is InChI=1S/C7H8N2OS/c1-2-3-5-6(7(8)10)9-4-11-5/h2-4H,1H3,(H2,8,10)/b3-2-. The van der Waals surface area contributed by atoms with Crippen LogP contribution in [0.25, 0.3) is 6.08 Å². The van der Waals surface area contributed by atoms with Gasteiger partial charge in [-0.3, -0.25) is 4.79 Å². The third kappa shape index (κ3) is 1.65. The number of primary amides is 1. The van der Waals surface area contributed by atoms with E-state index in [1.54, 1.807) is 5.51 Å². The SMILES string of the molecule is C/C=C\c1scnc1C(N)=O. The van der Waals surface area contributed by atoms with Crippen molar-refractivity contribution in [2.45, 2.75) is 6.92 Å². The first-order chi connectivity index (χ1) is 5.25.